The maximum atomic E-state index is 13.8. The molecule has 0 spiro atoms. The van der Waals surface area contributed by atoms with E-state index in [-0.39, 0.29) is 16.7 Å². The molecule has 0 bridgehead atoms. The molecule has 5 heteroatoms. The van der Waals surface area contributed by atoms with Gasteiger partial charge in [0.25, 0.3) is 0 Å². The largest absolute Gasteiger partial charge is 0.491 e. The molecular formula is C16H15ClF2O2. The van der Waals surface area contributed by atoms with Crippen LogP contribution in [0.2, 0.25) is 5.02 Å². The van der Waals surface area contributed by atoms with Crippen molar-refractivity contribution in [3.05, 3.63) is 64.2 Å². The lowest BCUT2D eigenvalue weighted by Crippen LogP contribution is -2.07. The standard InChI is InChI=1S/C16H15ClF2O2/c1-9(2)21-11-5-3-4-10(6-11)16(20)12-7-15(19)13(17)8-14(12)18/h3-9,16,20H,1-2H3. The van der Waals surface area contributed by atoms with Crippen molar-refractivity contribution >= 4 is 11.6 Å². The third-order valence-electron chi connectivity index (χ3n) is 2.88. The predicted molar refractivity (Wildman–Crippen MR) is 77.6 cm³/mol. The summed E-state index contributed by atoms with van der Waals surface area (Å²) in [5.74, 6) is -0.984. The van der Waals surface area contributed by atoms with Crippen molar-refractivity contribution < 1.29 is 18.6 Å². The Morgan fingerprint density at radius 2 is 1.81 bits per heavy atom. The Labute approximate surface area is 126 Å². The van der Waals surface area contributed by atoms with E-state index in [1.165, 1.54) is 0 Å². The summed E-state index contributed by atoms with van der Waals surface area (Å²) in [5.41, 5.74) is 0.243. The van der Waals surface area contributed by atoms with Crippen molar-refractivity contribution in [2.24, 2.45) is 0 Å². The minimum atomic E-state index is -1.30. The quantitative estimate of drug-likeness (QED) is 0.843. The number of rotatable bonds is 4. The van der Waals surface area contributed by atoms with Crippen LogP contribution in [0.15, 0.2) is 36.4 Å². The summed E-state index contributed by atoms with van der Waals surface area (Å²) in [5, 5.41) is 9.92. The van der Waals surface area contributed by atoms with E-state index in [1.54, 1.807) is 24.3 Å². The average molecular weight is 313 g/mol. The molecule has 0 aliphatic carbocycles. The number of hydrogen-bond acceptors (Lipinski definition) is 2. The molecule has 1 atom stereocenters. The van der Waals surface area contributed by atoms with Gasteiger partial charge in [0.2, 0.25) is 0 Å². The van der Waals surface area contributed by atoms with E-state index < -0.39 is 17.7 Å². The average Bonchev–Trinajstić information content (AvgIpc) is 2.41. The van der Waals surface area contributed by atoms with Crippen molar-refractivity contribution in [1.29, 1.82) is 0 Å². The van der Waals surface area contributed by atoms with Gasteiger partial charge in [-0.1, -0.05) is 23.7 Å². The van der Waals surface area contributed by atoms with E-state index in [2.05, 4.69) is 0 Å². The van der Waals surface area contributed by atoms with Crippen LogP contribution in [0.25, 0.3) is 0 Å². The molecule has 1 N–H and O–H groups in total. The van der Waals surface area contributed by atoms with Gasteiger partial charge in [0.1, 0.15) is 23.5 Å². The van der Waals surface area contributed by atoms with Crippen molar-refractivity contribution in [2.75, 3.05) is 0 Å². The highest BCUT2D eigenvalue weighted by Crippen LogP contribution is 2.30. The molecule has 0 saturated heterocycles. The molecule has 0 amide bonds. The van der Waals surface area contributed by atoms with E-state index >= 15 is 0 Å². The Balaban J connectivity index is 2.36. The molecule has 2 nitrogen and oxygen atoms in total. The molecule has 0 aliphatic heterocycles. The van der Waals surface area contributed by atoms with E-state index in [1.807, 2.05) is 13.8 Å². The Morgan fingerprint density at radius 1 is 1.10 bits per heavy atom. The third kappa shape index (κ3) is 3.71. The number of hydrogen-bond donors (Lipinski definition) is 1. The summed E-state index contributed by atoms with van der Waals surface area (Å²) in [7, 11) is 0. The fourth-order valence-electron chi connectivity index (χ4n) is 1.96. The zero-order valence-corrected chi connectivity index (χ0v) is 12.4. The first-order valence-corrected chi connectivity index (χ1v) is 6.85. The van der Waals surface area contributed by atoms with Gasteiger partial charge in [-0.15, -0.1) is 0 Å². The molecule has 21 heavy (non-hydrogen) atoms. The number of aliphatic hydroxyl groups is 1. The third-order valence-corrected chi connectivity index (χ3v) is 3.17. The van der Waals surface area contributed by atoms with Crippen LogP contribution in [0.1, 0.15) is 31.1 Å². The number of halogens is 3. The van der Waals surface area contributed by atoms with Gasteiger partial charge < -0.3 is 9.84 Å². The van der Waals surface area contributed by atoms with Gasteiger partial charge in [0.15, 0.2) is 0 Å². The van der Waals surface area contributed by atoms with Crippen molar-refractivity contribution in [3.8, 4) is 5.75 Å². The van der Waals surface area contributed by atoms with Crippen LogP contribution in [0.4, 0.5) is 8.78 Å². The highest BCUT2D eigenvalue weighted by Gasteiger charge is 2.18. The second-order valence-corrected chi connectivity index (χ2v) is 5.34. The van der Waals surface area contributed by atoms with Crippen LogP contribution in [0.3, 0.4) is 0 Å². The second kappa shape index (κ2) is 6.41. The monoisotopic (exact) mass is 312 g/mol. The molecule has 2 aromatic carbocycles. The minimum Gasteiger partial charge on any atom is -0.491 e. The van der Waals surface area contributed by atoms with Crippen LogP contribution in [0.5, 0.6) is 5.75 Å². The van der Waals surface area contributed by atoms with Crippen LogP contribution in [0, 0.1) is 11.6 Å². The smallest absolute Gasteiger partial charge is 0.142 e. The molecule has 0 heterocycles. The van der Waals surface area contributed by atoms with E-state index in [4.69, 9.17) is 16.3 Å². The summed E-state index contributed by atoms with van der Waals surface area (Å²) in [6.07, 6.45) is -1.32. The maximum absolute atomic E-state index is 13.8. The Kier molecular flexibility index (Phi) is 4.80. The summed E-state index contributed by atoms with van der Waals surface area (Å²) in [6.45, 7) is 3.74. The zero-order chi connectivity index (χ0) is 15.6. The molecule has 0 fully saturated rings. The first-order valence-electron chi connectivity index (χ1n) is 6.47. The van der Waals surface area contributed by atoms with Crippen LogP contribution >= 0.6 is 11.6 Å². The first kappa shape index (κ1) is 15.7. The molecule has 0 saturated carbocycles. The van der Waals surface area contributed by atoms with Gasteiger partial charge in [0.05, 0.1) is 11.1 Å². The lowest BCUT2D eigenvalue weighted by Gasteiger charge is -2.15. The number of benzene rings is 2. The maximum Gasteiger partial charge on any atom is 0.142 e. The zero-order valence-electron chi connectivity index (χ0n) is 11.6. The van der Waals surface area contributed by atoms with Crippen LogP contribution in [-0.4, -0.2) is 11.2 Å². The Bertz CT molecular complexity index is 644. The lowest BCUT2D eigenvalue weighted by molar-refractivity contribution is 0.211. The fraction of sp³-hybridized carbons (Fsp3) is 0.250. The van der Waals surface area contributed by atoms with Gasteiger partial charge in [-0.25, -0.2) is 8.78 Å². The molecule has 1 unspecified atom stereocenters. The van der Waals surface area contributed by atoms with E-state index in [0.717, 1.165) is 12.1 Å². The van der Waals surface area contributed by atoms with Gasteiger partial charge in [-0.2, -0.15) is 0 Å². The van der Waals surface area contributed by atoms with Gasteiger partial charge in [0, 0.05) is 5.56 Å². The van der Waals surface area contributed by atoms with E-state index in [9.17, 15) is 13.9 Å². The number of ether oxygens (including phenoxy) is 1. The number of aliphatic hydroxyl groups excluding tert-OH is 1. The normalized spacial score (nSPS) is 12.5. The van der Waals surface area contributed by atoms with Crippen molar-refractivity contribution in [3.63, 3.8) is 0 Å². The first-order chi connectivity index (χ1) is 9.88. The SMILES string of the molecule is CC(C)Oc1cccc(C(O)c2cc(F)c(Cl)cc2F)c1. The van der Waals surface area contributed by atoms with E-state index in [0.29, 0.717) is 11.3 Å². The van der Waals surface area contributed by atoms with Crippen LogP contribution in [-0.2, 0) is 0 Å². The van der Waals surface area contributed by atoms with Crippen LogP contribution < -0.4 is 4.74 Å². The highest BCUT2D eigenvalue weighted by molar-refractivity contribution is 6.30. The molecular weight excluding hydrogens is 298 g/mol. The Morgan fingerprint density at radius 3 is 2.48 bits per heavy atom. The van der Waals surface area contributed by atoms with Gasteiger partial charge in [-0.05, 0) is 43.7 Å². The highest BCUT2D eigenvalue weighted by atomic mass is 35.5. The predicted octanol–water partition coefficient (Wildman–Crippen LogP) is 4.49. The summed E-state index contributed by atoms with van der Waals surface area (Å²) < 4.78 is 32.8. The molecule has 0 radical (unpaired) electrons. The van der Waals surface area contributed by atoms with Crippen molar-refractivity contribution in [1.82, 2.24) is 0 Å². The molecule has 2 aromatic rings. The molecule has 0 aromatic heterocycles. The summed E-state index contributed by atoms with van der Waals surface area (Å²) in [6, 6.07) is 8.37. The topological polar surface area (TPSA) is 29.5 Å². The summed E-state index contributed by atoms with van der Waals surface area (Å²) >= 11 is 5.50. The molecule has 112 valence electrons. The summed E-state index contributed by atoms with van der Waals surface area (Å²) in [4.78, 5) is 0. The molecule has 2 rings (SSSR count). The van der Waals surface area contributed by atoms with Crippen molar-refractivity contribution in [2.45, 2.75) is 26.1 Å². The minimum absolute atomic E-state index is 0.0258. The Hall–Kier alpha value is -1.65. The molecule has 0 aliphatic rings. The van der Waals surface area contributed by atoms with Gasteiger partial charge >= 0.3 is 0 Å². The van der Waals surface area contributed by atoms with Gasteiger partial charge in [-0.3, -0.25) is 0 Å². The lowest BCUT2D eigenvalue weighted by atomic mass is 10.0. The second-order valence-electron chi connectivity index (χ2n) is 4.93. The fourth-order valence-corrected chi connectivity index (χ4v) is 2.11.